The SMILES string of the molecule is CC(=O)Nc1ccc(C#CCNC(=O)c2cnc3ccccc3n2)cc1. The first-order valence-corrected chi connectivity index (χ1v) is 7.98. The second kappa shape index (κ2) is 7.90. The smallest absolute Gasteiger partial charge is 0.272 e. The zero-order chi connectivity index (χ0) is 18.4. The lowest BCUT2D eigenvalue weighted by Gasteiger charge is -2.02. The number of nitrogens with zero attached hydrogens (tertiary/aromatic N) is 2. The molecule has 0 bridgehead atoms. The molecule has 0 saturated carbocycles. The predicted molar refractivity (Wildman–Crippen MR) is 99.5 cm³/mol. The van der Waals surface area contributed by atoms with E-state index in [2.05, 4.69) is 32.4 Å². The Bertz CT molecular complexity index is 1020. The van der Waals surface area contributed by atoms with Crippen LogP contribution < -0.4 is 10.6 Å². The highest BCUT2D eigenvalue weighted by molar-refractivity contribution is 5.93. The average molecular weight is 344 g/mol. The third-order valence-electron chi connectivity index (χ3n) is 3.46. The van der Waals surface area contributed by atoms with Crippen molar-refractivity contribution in [3.05, 3.63) is 66.0 Å². The molecule has 0 spiro atoms. The highest BCUT2D eigenvalue weighted by atomic mass is 16.2. The number of nitrogens with one attached hydrogen (secondary N) is 2. The van der Waals surface area contributed by atoms with Crippen molar-refractivity contribution in [2.75, 3.05) is 11.9 Å². The van der Waals surface area contributed by atoms with Crippen molar-refractivity contribution in [2.45, 2.75) is 6.92 Å². The summed E-state index contributed by atoms with van der Waals surface area (Å²) in [6, 6.07) is 14.5. The van der Waals surface area contributed by atoms with Crippen molar-refractivity contribution in [1.29, 1.82) is 0 Å². The van der Waals surface area contributed by atoms with Crippen molar-refractivity contribution in [3.63, 3.8) is 0 Å². The number of carbonyl (C=O) groups excluding carboxylic acids is 2. The molecule has 2 aromatic carbocycles. The van der Waals surface area contributed by atoms with Crippen LogP contribution in [0.2, 0.25) is 0 Å². The maximum absolute atomic E-state index is 12.1. The highest BCUT2D eigenvalue weighted by Crippen LogP contribution is 2.09. The van der Waals surface area contributed by atoms with E-state index in [1.165, 1.54) is 13.1 Å². The Labute approximate surface area is 150 Å². The molecule has 6 heteroatoms. The number of fused-ring (bicyclic) bond motifs is 1. The summed E-state index contributed by atoms with van der Waals surface area (Å²) in [5, 5.41) is 5.39. The van der Waals surface area contributed by atoms with Crippen LogP contribution in [-0.4, -0.2) is 28.3 Å². The third kappa shape index (κ3) is 4.42. The summed E-state index contributed by atoms with van der Waals surface area (Å²) in [5.41, 5.74) is 3.17. The van der Waals surface area contributed by atoms with Crippen LogP contribution >= 0.6 is 0 Å². The molecule has 1 aromatic heterocycles. The molecule has 2 amide bonds. The van der Waals surface area contributed by atoms with Gasteiger partial charge in [0, 0.05) is 18.2 Å². The van der Waals surface area contributed by atoms with Gasteiger partial charge in [0.05, 0.1) is 23.8 Å². The zero-order valence-corrected chi connectivity index (χ0v) is 14.1. The number of hydrogen-bond acceptors (Lipinski definition) is 4. The van der Waals surface area contributed by atoms with Gasteiger partial charge < -0.3 is 10.6 Å². The van der Waals surface area contributed by atoms with Gasteiger partial charge in [-0.25, -0.2) is 4.98 Å². The molecular formula is C20H16N4O2. The van der Waals surface area contributed by atoms with Crippen molar-refractivity contribution in [1.82, 2.24) is 15.3 Å². The second-order valence-corrected chi connectivity index (χ2v) is 5.49. The van der Waals surface area contributed by atoms with E-state index in [1.807, 2.05) is 24.3 Å². The Morgan fingerprint density at radius 1 is 1.04 bits per heavy atom. The van der Waals surface area contributed by atoms with Crippen LogP contribution in [0.4, 0.5) is 5.69 Å². The van der Waals surface area contributed by atoms with E-state index in [-0.39, 0.29) is 24.1 Å². The molecule has 0 radical (unpaired) electrons. The van der Waals surface area contributed by atoms with Crippen molar-refractivity contribution < 1.29 is 9.59 Å². The molecule has 0 aliphatic heterocycles. The number of para-hydroxylation sites is 2. The fraction of sp³-hybridized carbons (Fsp3) is 0.100. The Morgan fingerprint density at radius 3 is 2.50 bits per heavy atom. The molecule has 128 valence electrons. The van der Waals surface area contributed by atoms with Gasteiger partial charge in [0.15, 0.2) is 0 Å². The van der Waals surface area contributed by atoms with E-state index in [0.29, 0.717) is 11.2 Å². The summed E-state index contributed by atoms with van der Waals surface area (Å²) in [6.45, 7) is 1.65. The molecule has 0 aliphatic carbocycles. The Balaban J connectivity index is 1.58. The molecule has 2 N–H and O–H groups in total. The van der Waals surface area contributed by atoms with Crippen LogP contribution in [0, 0.1) is 11.8 Å². The van der Waals surface area contributed by atoms with Gasteiger partial charge in [0.25, 0.3) is 5.91 Å². The fourth-order valence-corrected chi connectivity index (χ4v) is 2.27. The summed E-state index contributed by atoms with van der Waals surface area (Å²) < 4.78 is 0. The van der Waals surface area contributed by atoms with Crippen molar-refractivity contribution >= 4 is 28.5 Å². The van der Waals surface area contributed by atoms with E-state index in [4.69, 9.17) is 0 Å². The zero-order valence-electron chi connectivity index (χ0n) is 14.1. The molecule has 0 fully saturated rings. The normalized spacial score (nSPS) is 9.88. The lowest BCUT2D eigenvalue weighted by Crippen LogP contribution is -2.24. The summed E-state index contributed by atoms with van der Waals surface area (Å²) in [5.74, 6) is 5.39. The molecule has 0 aliphatic rings. The third-order valence-corrected chi connectivity index (χ3v) is 3.46. The summed E-state index contributed by atoms with van der Waals surface area (Å²) >= 11 is 0. The molecular weight excluding hydrogens is 328 g/mol. The van der Waals surface area contributed by atoms with E-state index in [0.717, 1.165) is 11.1 Å². The maximum Gasteiger partial charge on any atom is 0.272 e. The summed E-state index contributed by atoms with van der Waals surface area (Å²) in [4.78, 5) is 31.6. The van der Waals surface area contributed by atoms with Gasteiger partial charge in [-0.15, -0.1) is 0 Å². The molecule has 3 aromatic rings. The van der Waals surface area contributed by atoms with Gasteiger partial charge >= 0.3 is 0 Å². The number of carbonyl (C=O) groups is 2. The summed E-state index contributed by atoms with van der Waals surface area (Å²) in [6.07, 6.45) is 1.45. The Hall–Kier alpha value is -3.72. The first kappa shape index (κ1) is 17.1. The van der Waals surface area contributed by atoms with Crippen molar-refractivity contribution in [3.8, 4) is 11.8 Å². The number of amides is 2. The van der Waals surface area contributed by atoms with Crippen LogP contribution in [0.25, 0.3) is 11.0 Å². The number of benzene rings is 2. The van der Waals surface area contributed by atoms with E-state index in [9.17, 15) is 9.59 Å². The molecule has 1 heterocycles. The van der Waals surface area contributed by atoms with Gasteiger partial charge in [-0.3, -0.25) is 14.6 Å². The van der Waals surface area contributed by atoms with E-state index in [1.54, 1.807) is 24.3 Å². The predicted octanol–water partition coefficient (Wildman–Crippen LogP) is 2.37. The van der Waals surface area contributed by atoms with Gasteiger partial charge in [-0.1, -0.05) is 24.0 Å². The monoisotopic (exact) mass is 344 g/mol. The number of hydrogen-bond donors (Lipinski definition) is 2. The lowest BCUT2D eigenvalue weighted by molar-refractivity contribution is -0.114. The average Bonchev–Trinajstić information content (AvgIpc) is 2.65. The van der Waals surface area contributed by atoms with Crippen LogP contribution in [-0.2, 0) is 4.79 Å². The first-order chi connectivity index (χ1) is 12.6. The molecule has 3 rings (SSSR count). The minimum Gasteiger partial charge on any atom is -0.340 e. The van der Waals surface area contributed by atoms with Crippen LogP contribution in [0.5, 0.6) is 0 Å². The second-order valence-electron chi connectivity index (χ2n) is 5.49. The van der Waals surface area contributed by atoms with Gasteiger partial charge in [-0.05, 0) is 36.4 Å². The summed E-state index contributed by atoms with van der Waals surface area (Å²) in [7, 11) is 0. The van der Waals surface area contributed by atoms with E-state index < -0.39 is 0 Å². The highest BCUT2D eigenvalue weighted by Gasteiger charge is 2.07. The molecule has 0 unspecified atom stereocenters. The van der Waals surface area contributed by atoms with E-state index >= 15 is 0 Å². The first-order valence-electron chi connectivity index (χ1n) is 7.98. The largest absolute Gasteiger partial charge is 0.340 e. The van der Waals surface area contributed by atoms with Crippen molar-refractivity contribution in [2.24, 2.45) is 0 Å². The Kier molecular flexibility index (Phi) is 5.20. The van der Waals surface area contributed by atoms with Crippen LogP contribution in [0.3, 0.4) is 0 Å². The topological polar surface area (TPSA) is 84.0 Å². The quantitative estimate of drug-likeness (QED) is 0.715. The number of rotatable bonds is 3. The lowest BCUT2D eigenvalue weighted by atomic mass is 10.2. The molecule has 26 heavy (non-hydrogen) atoms. The molecule has 0 atom stereocenters. The van der Waals surface area contributed by atoms with Gasteiger partial charge in [0.2, 0.25) is 5.91 Å². The van der Waals surface area contributed by atoms with Crippen LogP contribution in [0.15, 0.2) is 54.7 Å². The van der Waals surface area contributed by atoms with Gasteiger partial charge in [-0.2, -0.15) is 0 Å². The number of aromatic nitrogens is 2. The minimum atomic E-state index is -0.321. The fourth-order valence-electron chi connectivity index (χ4n) is 2.27. The molecule has 6 nitrogen and oxygen atoms in total. The minimum absolute atomic E-state index is 0.122. The maximum atomic E-state index is 12.1. The standard InChI is InChI=1S/C20H16N4O2/c1-14(25)23-16-10-8-15(9-11-16)5-4-12-21-20(26)19-13-22-17-6-2-3-7-18(17)24-19/h2-3,6-11,13H,12H2,1H3,(H,21,26)(H,23,25). The van der Waals surface area contributed by atoms with Gasteiger partial charge in [0.1, 0.15) is 5.69 Å². The number of anilines is 1. The molecule has 0 saturated heterocycles. The van der Waals surface area contributed by atoms with Crippen LogP contribution in [0.1, 0.15) is 23.0 Å². The Morgan fingerprint density at radius 2 is 1.77 bits per heavy atom.